The molecule has 3 heterocycles. The van der Waals surface area contributed by atoms with Gasteiger partial charge in [0.2, 0.25) is 11.6 Å². The first-order valence-corrected chi connectivity index (χ1v) is 16.1. The highest BCUT2D eigenvalue weighted by Gasteiger charge is 2.51. The van der Waals surface area contributed by atoms with Crippen LogP contribution in [0.4, 0.5) is 0 Å². The van der Waals surface area contributed by atoms with E-state index in [2.05, 4.69) is 0 Å². The Balaban J connectivity index is 1.95. The molecule has 3 aliphatic rings. The second kappa shape index (κ2) is 18.0. The molecule has 0 radical (unpaired) electrons. The maximum Gasteiger partial charge on any atom is 0.331 e. The summed E-state index contributed by atoms with van der Waals surface area (Å²) in [6.07, 6.45) is 1.12. The molecule has 0 amide bonds. The summed E-state index contributed by atoms with van der Waals surface area (Å²) in [5.41, 5.74) is 5.95. The zero-order chi connectivity index (χ0) is 36.5. The molecule has 272 valence electrons. The van der Waals surface area contributed by atoms with Gasteiger partial charge in [-0.1, -0.05) is 55.5 Å². The number of allylic oxidation sites excluding steroid dienone is 7. The topological polar surface area (TPSA) is 253 Å². The van der Waals surface area contributed by atoms with Crippen LogP contribution in [-0.4, -0.2) is 121 Å². The number of cyclic esters (lactones) is 1. The van der Waals surface area contributed by atoms with E-state index in [0.717, 1.165) is 12.2 Å². The van der Waals surface area contributed by atoms with Crippen molar-refractivity contribution in [1.29, 1.82) is 0 Å². The quantitative estimate of drug-likeness (QED) is 0.148. The van der Waals surface area contributed by atoms with E-state index in [9.17, 15) is 49.8 Å². The molecule has 0 aromatic carbocycles. The molecule has 3 aliphatic heterocycles. The molecular formula is C34H47NO14. The molecule has 13 atom stereocenters. The van der Waals surface area contributed by atoms with Crippen LogP contribution < -0.4 is 5.73 Å². The van der Waals surface area contributed by atoms with Crippen LogP contribution in [0.5, 0.6) is 0 Å². The van der Waals surface area contributed by atoms with Crippen LogP contribution >= 0.6 is 0 Å². The standard InChI is InChI=1S/C34H47NO14/c1-18-10-8-6-4-5-7-9-11-22(48-33-31(42)29(35)30(41)20(3)47-33)15-26-28(32(43)44)25(39)17-34(45,49-26)16-21(36)14-24(38)23(37)12-13-27(40)46-19(18)2/h4-13,18-22,25-26,28-31,33,36,39,41-42,45H,14-17,35H2,1-3H3,(H,43,44)/b6-4+,7-5+,10-8+,11-9+,13-12+/t18-,19+,20+,21-,22-,25-,26-,28+,29-,30+,31-,33-,34+/m0/s1. The number of hydrogen-bond donors (Lipinski definition) is 7. The summed E-state index contributed by atoms with van der Waals surface area (Å²) in [6, 6.07) is -1.13. The van der Waals surface area contributed by atoms with Crippen molar-refractivity contribution in [3.8, 4) is 0 Å². The number of hydrogen-bond acceptors (Lipinski definition) is 14. The van der Waals surface area contributed by atoms with Gasteiger partial charge in [0.1, 0.15) is 18.1 Å². The molecule has 0 aromatic rings. The molecule has 0 spiro atoms. The van der Waals surface area contributed by atoms with E-state index in [0.29, 0.717) is 0 Å². The Labute approximate surface area is 284 Å². The number of aliphatic carboxylic acids is 1. The number of Topliss-reactive ketones (excluding diaryl/α,β-unsaturated/α-hetero) is 1. The van der Waals surface area contributed by atoms with E-state index < -0.39 is 116 Å². The molecule has 2 bridgehead atoms. The minimum atomic E-state index is -2.34. The van der Waals surface area contributed by atoms with Crippen LogP contribution in [0.1, 0.15) is 46.5 Å². The van der Waals surface area contributed by atoms with Crippen LogP contribution in [0.3, 0.4) is 0 Å². The molecule has 15 heteroatoms. The first-order chi connectivity index (χ1) is 23.0. The lowest BCUT2D eigenvalue weighted by Gasteiger charge is -2.45. The number of esters is 1. The third kappa shape index (κ3) is 11.6. The minimum Gasteiger partial charge on any atom is -0.481 e. The lowest BCUT2D eigenvalue weighted by molar-refractivity contribution is -0.308. The number of fused-ring (bicyclic) bond motifs is 2. The second-order valence-corrected chi connectivity index (χ2v) is 12.6. The summed E-state index contributed by atoms with van der Waals surface area (Å²) in [5.74, 6) is -8.61. The average Bonchev–Trinajstić information content (AvgIpc) is 3.00. The molecule has 8 N–H and O–H groups in total. The Hall–Kier alpha value is -3.38. The third-order valence-corrected chi connectivity index (χ3v) is 8.63. The van der Waals surface area contributed by atoms with Crippen LogP contribution in [0.15, 0.2) is 60.8 Å². The number of carboxylic acid groups (broad SMARTS) is 1. The molecule has 49 heavy (non-hydrogen) atoms. The summed E-state index contributed by atoms with van der Waals surface area (Å²) in [5, 5.41) is 63.6. The third-order valence-electron chi connectivity index (χ3n) is 8.63. The number of ketones is 2. The van der Waals surface area contributed by atoms with Gasteiger partial charge < -0.3 is 55.3 Å². The van der Waals surface area contributed by atoms with E-state index in [4.69, 9.17) is 24.7 Å². The summed E-state index contributed by atoms with van der Waals surface area (Å²) < 4.78 is 22.7. The van der Waals surface area contributed by atoms with Crippen molar-refractivity contribution in [2.45, 2.75) is 113 Å². The highest BCUT2D eigenvalue weighted by molar-refractivity contribution is 6.42. The van der Waals surface area contributed by atoms with Crippen molar-refractivity contribution in [3.05, 3.63) is 60.8 Å². The molecule has 0 aromatic heterocycles. The zero-order valence-electron chi connectivity index (χ0n) is 27.6. The van der Waals surface area contributed by atoms with Crippen molar-refractivity contribution in [2.75, 3.05) is 0 Å². The Morgan fingerprint density at radius 1 is 0.898 bits per heavy atom. The summed E-state index contributed by atoms with van der Waals surface area (Å²) in [6.45, 7) is 5.00. The number of carbonyl (C=O) groups is 4. The number of aliphatic hydroxyl groups excluding tert-OH is 4. The van der Waals surface area contributed by atoms with E-state index >= 15 is 0 Å². The Kier molecular flexibility index (Phi) is 14.7. The predicted octanol–water partition coefficient (Wildman–Crippen LogP) is -0.263. The molecule has 0 unspecified atom stereocenters. The normalized spacial score (nSPS) is 43.7. The largest absolute Gasteiger partial charge is 0.481 e. The SMILES string of the molecule is C[C@H]1/C=C/C=C/C=C/C=C/[C@H](O[C@@H]2O[C@H](C)[C@@H](O)[C@H](N)[C@@H]2O)C[C@@H]2O[C@](O)(C[C@@H](O)CC(=O)C(=O)/C=C/C(=O)O[C@@H]1C)C[C@H](O)[C@H]2C(=O)O. The number of carboxylic acids is 1. The van der Waals surface area contributed by atoms with Crippen molar-refractivity contribution < 1.29 is 68.8 Å². The van der Waals surface area contributed by atoms with Gasteiger partial charge in [0.05, 0.1) is 42.7 Å². The Morgan fingerprint density at radius 2 is 1.53 bits per heavy atom. The van der Waals surface area contributed by atoms with Gasteiger partial charge >= 0.3 is 11.9 Å². The Morgan fingerprint density at radius 3 is 2.18 bits per heavy atom. The lowest BCUT2D eigenvalue weighted by Crippen LogP contribution is -2.61. The van der Waals surface area contributed by atoms with Crippen molar-refractivity contribution in [1.82, 2.24) is 0 Å². The first-order valence-electron chi connectivity index (χ1n) is 16.1. The monoisotopic (exact) mass is 693 g/mol. The summed E-state index contributed by atoms with van der Waals surface area (Å²) in [7, 11) is 0. The van der Waals surface area contributed by atoms with Crippen molar-refractivity contribution in [3.63, 3.8) is 0 Å². The fourth-order valence-electron chi connectivity index (χ4n) is 5.68. The predicted molar refractivity (Wildman–Crippen MR) is 171 cm³/mol. The van der Waals surface area contributed by atoms with E-state index in [1.54, 1.807) is 49.5 Å². The molecule has 3 rings (SSSR count). The molecule has 2 fully saturated rings. The molecule has 0 aliphatic carbocycles. The van der Waals surface area contributed by atoms with Gasteiger partial charge in [-0.25, -0.2) is 4.79 Å². The molecular weight excluding hydrogens is 646 g/mol. The summed E-state index contributed by atoms with van der Waals surface area (Å²) in [4.78, 5) is 49.3. The smallest absolute Gasteiger partial charge is 0.331 e. The number of nitrogens with two attached hydrogens (primary N) is 1. The lowest BCUT2D eigenvalue weighted by atomic mass is 9.83. The van der Waals surface area contributed by atoms with Crippen molar-refractivity contribution in [2.24, 2.45) is 17.6 Å². The maximum atomic E-state index is 12.5. The van der Waals surface area contributed by atoms with Gasteiger partial charge in [-0.2, -0.15) is 0 Å². The highest BCUT2D eigenvalue weighted by atomic mass is 16.7. The van der Waals surface area contributed by atoms with Gasteiger partial charge in [-0.3, -0.25) is 14.4 Å². The van der Waals surface area contributed by atoms with Gasteiger partial charge in [0.25, 0.3) is 0 Å². The van der Waals surface area contributed by atoms with Gasteiger partial charge in [-0.15, -0.1) is 0 Å². The zero-order valence-corrected chi connectivity index (χ0v) is 27.6. The second-order valence-electron chi connectivity index (χ2n) is 12.6. The van der Waals surface area contributed by atoms with E-state index in [1.165, 1.54) is 13.0 Å². The number of carbonyl (C=O) groups excluding carboxylic acids is 3. The number of aliphatic hydroxyl groups is 5. The fraction of sp³-hybridized carbons (Fsp3) is 0.588. The average molecular weight is 694 g/mol. The highest BCUT2D eigenvalue weighted by Crippen LogP contribution is 2.38. The molecule has 2 saturated heterocycles. The van der Waals surface area contributed by atoms with Crippen LogP contribution in [-0.2, 0) is 38.1 Å². The van der Waals surface area contributed by atoms with Crippen LogP contribution in [0.2, 0.25) is 0 Å². The van der Waals surface area contributed by atoms with Gasteiger partial charge in [-0.05, 0) is 19.9 Å². The maximum absolute atomic E-state index is 12.5. The minimum absolute atomic E-state index is 0.211. The molecule has 0 saturated carbocycles. The first kappa shape index (κ1) is 40.1. The van der Waals surface area contributed by atoms with Crippen LogP contribution in [0, 0.1) is 11.8 Å². The van der Waals surface area contributed by atoms with Crippen molar-refractivity contribution >= 4 is 23.5 Å². The fourth-order valence-corrected chi connectivity index (χ4v) is 5.68. The van der Waals surface area contributed by atoms with Gasteiger partial charge in [0, 0.05) is 37.7 Å². The Bertz CT molecular complexity index is 1330. The summed E-state index contributed by atoms with van der Waals surface area (Å²) >= 11 is 0. The van der Waals surface area contributed by atoms with Gasteiger partial charge in [0.15, 0.2) is 12.1 Å². The van der Waals surface area contributed by atoms with Crippen LogP contribution in [0.25, 0.3) is 0 Å². The number of ether oxygens (including phenoxy) is 4. The van der Waals surface area contributed by atoms with E-state index in [-0.39, 0.29) is 12.3 Å². The molecule has 15 nitrogen and oxygen atoms in total. The number of rotatable bonds is 3. The van der Waals surface area contributed by atoms with E-state index in [1.807, 2.05) is 6.92 Å².